The van der Waals surface area contributed by atoms with Gasteiger partial charge in [-0.25, -0.2) is 0 Å². The molecule has 0 bridgehead atoms. The van der Waals surface area contributed by atoms with Gasteiger partial charge in [0.25, 0.3) is 5.91 Å². The molecule has 1 N–H and O–H groups in total. The Morgan fingerprint density at radius 1 is 1.37 bits per heavy atom. The molecule has 0 unspecified atom stereocenters. The molecule has 0 saturated heterocycles. The van der Waals surface area contributed by atoms with Crippen LogP contribution in [0.5, 0.6) is 0 Å². The largest absolute Gasteiger partial charge is 0.381 e. The molecule has 1 aromatic carbocycles. The fourth-order valence-corrected chi connectivity index (χ4v) is 1.89. The first-order chi connectivity index (χ1) is 9.15. The number of hydrogen-bond donors (Lipinski definition) is 1. The first kappa shape index (κ1) is 16.5. The van der Waals surface area contributed by atoms with Crippen LogP contribution in [0, 0.1) is 0 Å². The highest BCUT2D eigenvalue weighted by molar-refractivity contribution is 9.10. The molecule has 0 saturated carbocycles. The van der Waals surface area contributed by atoms with Gasteiger partial charge in [-0.05, 0) is 47.0 Å². The molecule has 1 rings (SSSR count). The summed E-state index contributed by atoms with van der Waals surface area (Å²) in [7, 11) is 0. The quantitative estimate of drug-likeness (QED) is 0.720. The van der Waals surface area contributed by atoms with Gasteiger partial charge in [0, 0.05) is 29.8 Å². The number of carbonyl (C=O) groups is 1. The van der Waals surface area contributed by atoms with Crippen molar-refractivity contribution in [2.75, 3.05) is 19.8 Å². The van der Waals surface area contributed by atoms with Gasteiger partial charge < -0.3 is 10.1 Å². The summed E-state index contributed by atoms with van der Waals surface area (Å²) < 4.78 is 6.20. The van der Waals surface area contributed by atoms with Crippen LogP contribution in [0.25, 0.3) is 0 Å². The van der Waals surface area contributed by atoms with E-state index in [1.165, 1.54) is 0 Å². The fourth-order valence-electron chi connectivity index (χ4n) is 1.46. The summed E-state index contributed by atoms with van der Waals surface area (Å²) in [6, 6.07) is 5.16. The second-order valence-corrected chi connectivity index (χ2v) is 5.47. The van der Waals surface area contributed by atoms with E-state index in [0.717, 1.165) is 30.3 Å². The van der Waals surface area contributed by atoms with Crippen molar-refractivity contribution in [3.63, 3.8) is 0 Å². The number of carbonyl (C=O) groups excluding carboxylic acids is 1. The summed E-state index contributed by atoms with van der Waals surface area (Å²) in [5.41, 5.74) is 0.570. The molecule has 0 atom stereocenters. The summed E-state index contributed by atoms with van der Waals surface area (Å²) in [5, 5.41) is 3.38. The molecule has 0 radical (unpaired) electrons. The lowest BCUT2D eigenvalue weighted by Gasteiger charge is -2.07. The molecule has 1 amide bonds. The van der Waals surface area contributed by atoms with Crippen molar-refractivity contribution in [3.8, 4) is 0 Å². The van der Waals surface area contributed by atoms with E-state index in [0.29, 0.717) is 23.7 Å². The molecule has 0 aliphatic carbocycles. The molecule has 19 heavy (non-hydrogen) atoms. The van der Waals surface area contributed by atoms with Crippen LogP contribution in [0.4, 0.5) is 0 Å². The number of nitrogens with one attached hydrogen (secondary N) is 1. The maximum Gasteiger partial charge on any atom is 0.251 e. The molecule has 106 valence electrons. The summed E-state index contributed by atoms with van der Waals surface area (Å²) >= 11 is 9.24. The number of amides is 1. The summed E-state index contributed by atoms with van der Waals surface area (Å²) in [5.74, 6) is -0.108. The minimum Gasteiger partial charge on any atom is -0.381 e. The summed E-state index contributed by atoms with van der Waals surface area (Å²) in [6.07, 6.45) is 3.05. The molecule has 0 spiro atoms. The van der Waals surface area contributed by atoms with Gasteiger partial charge in [-0.3, -0.25) is 4.79 Å². The van der Waals surface area contributed by atoms with Crippen LogP contribution in [0.1, 0.15) is 36.5 Å². The highest BCUT2D eigenvalue weighted by Crippen LogP contribution is 2.23. The predicted molar refractivity (Wildman–Crippen MR) is 81.8 cm³/mol. The van der Waals surface area contributed by atoms with Gasteiger partial charge in [-0.15, -0.1) is 0 Å². The van der Waals surface area contributed by atoms with Crippen molar-refractivity contribution in [1.82, 2.24) is 5.32 Å². The lowest BCUT2D eigenvalue weighted by Crippen LogP contribution is -2.25. The Balaban J connectivity index is 2.22. The van der Waals surface area contributed by atoms with Gasteiger partial charge >= 0.3 is 0 Å². The molecule has 1 aromatic rings. The highest BCUT2D eigenvalue weighted by Gasteiger charge is 2.06. The van der Waals surface area contributed by atoms with Gasteiger partial charge in [-0.2, -0.15) is 0 Å². The molecule has 0 aliphatic heterocycles. The highest BCUT2D eigenvalue weighted by atomic mass is 79.9. The molecular formula is C14H19BrClNO2. The zero-order valence-electron chi connectivity index (χ0n) is 11.0. The van der Waals surface area contributed by atoms with Gasteiger partial charge in [-0.1, -0.05) is 24.9 Å². The van der Waals surface area contributed by atoms with E-state index in [9.17, 15) is 4.79 Å². The second kappa shape index (κ2) is 9.34. The monoisotopic (exact) mass is 347 g/mol. The normalized spacial score (nSPS) is 10.5. The number of halogens is 2. The number of benzene rings is 1. The van der Waals surface area contributed by atoms with Crippen molar-refractivity contribution in [2.24, 2.45) is 0 Å². The molecule has 0 heterocycles. The Morgan fingerprint density at radius 2 is 2.11 bits per heavy atom. The Bertz CT molecular complexity index is 412. The predicted octanol–water partition coefficient (Wildman–Crippen LogP) is 4.04. The zero-order valence-corrected chi connectivity index (χ0v) is 13.4. The van der Waals surface area contributed by atoms with Crippen LogP contribution in [-0.4, -0.2) is 25.7 Å². The number of unbranched alkanes of at least 4 members (excludes halogenated alkanes) is 1. The average Bonchev–Trinajstić information content (AvgIpc) is 2.40. The van der Waals surface area contributed by atoms with E-state index in [1.807, 2.05) is 0 Å². The first-order valence-electron chi connectivity index (χ1n) is 6.46. The van der Waals surface area contributed by atoms with Crippen LogP contribution < -0.4 is 5.32 Å². The Morgan fingerprint density at radius 3 is 2.79 bits per heavy atom. The van der Waals surface area contributed by atoms with Crippen LogP contribution in [0.2, 0.25) is 5.02 Å². The molecule has 0 aliphatic rings. The number of rotatable bonds is 8. The van der Waals surface area contributed by atoms with Crippen molar-refractivity contribution in [2.45, 2.75) is 26.2 Å². The molecule has 0 aromatic heterocycles. The van der Waals surface area contributed by atoms with E-state index >= 15 is 0 Å². The second-order valence-electron chi connectivity index (χ2n) is 4.20. The van der Waals surface area contributed by atoms with Crippen molar-refractivity contribution < 1.29 is 9.53 Å². The molecule has 0 fully saturated rings. The van der Waals surface area contributed by atoms with Crippen LogP contribution in [-0.2, 0) is 4.74 Å². The van der Waals surface area contributed by atoms with E-state index in [-0.39, 0.29) is 5.91 Å². The van der Waals surface area contributed by atoms with Crippen LogP contribution in [0.15, 0.2) is 22.7 Å². The Kier molecular flexibility index (Phi) is 8.10. The first-order valence-corrected chi connectivity index (χ1v) is 7.63. The number of hydrogen-bond acceptors (Lipinski definition) is 2. The van der Waals surface area contributed by atoms with Crippen LogP contribution in [0.3, 0.4) is 0 Å². The summed E-state index contributed by atoms with van der Waals surface area (Å²) in [4.78, 5) is 11.8. The Hall–Kier alpha value is -0.580. The Labute approximate surface area is 127 Å². The van der Waals surface area contributed by atoms with Crippen LogP contribution >= 0.6 is 27.5 Å². The molecule has 3 nitrogen and oxygen atoms in total. The lowest BCUT2D eigenvalue weighted by molar-refractivity contribution is 0.0940. The zero-order chi connectivity index (χ0) is 14.1. The average molecular weight is 349 g/mol. The standard InChI is InChI=1S/C14H19BrClNO2/c1-2-3-8-19-9-4-7-17-14(18)11-5-6-12(15)13(16)10-11/h5-6,10H,2-4,7-9H2,1H3,(H,17,18). The van der Waals surface area contributed by atoms with Gasteiger partial charge in [0.15, 0.2) is 0 Å². The van der Waals surface area contributed by atoms with E-state index in [1.54, 1.807) is 18.2 Å². The third-order valence-electron chi connectivity index (χ3n) is 2.58. The minimum atomic E-state index is -0.108. The minimum absolute atomic E-state index is 0.108. The third kappa shape index (κ3) is 6.41. The van der Waals surface area contributed by atoms with Gasteiger partial charge in [0.05, 0.1) is 5.02 Å². The third-order valence-corrected chi connectivity index (χ3v) is 3.81. The van der Waals surface area contributed by atoms with Crippen molar-refractivity contribution in [1.29, 1.82) is 0 Å². The van der Waals surface area contributed by atoms with Crippen molar-refractivity contribution in [3.05, 3.63) is 33.3 Å². The van der Waals surface area contributed by atoms with E-state index < -0.39 is 0 Å². The molecule has 5 heteroatoms. The van der Waals surface area contributed by atoms with Crippen molar-refractivity contribution >= 4 is 33.4 Å². The van der Waals surface area contributed by atoms with Gasteiger partial charge in [0.2, 0.25) is 0 Å². The number of ether oxygens (including phenoxy) is 1. The topological polar surface area (TPSA) is 38.3 Å². The van der Waals surface area contributed by atoms with Gasteiger partial charge in [0.1, 0.15) is 0 Å². The van der Waals surface area contributed by atoms with E-state index in [4.69, 9.17) is 16.3 Å². The maximum atomic E-state index is 11.8. The smallest absolute Gasteiger partial charge is 0.251 e. The lowest BCUT2D eigenvalue weighted by atomic mass is 10.2. The fraction of sp³-hybridized carbons (Fsp3) is 0.500. The SMILES string of the molecule is CCCCOCCCNC(=O)c1ccc(Br)c(Cl)c1. The maximum absolute atomic E-state index is 11.8. The summed E-state index contributed by atoms with van der Waals surface area (Å²) in [6.45, 7) is 4.22. The van der Waals surface area contributed by atoms with E-state index in [2.05, 4.69) is 28.2 Å². The molecular weight excluding hydrogens is 330 g/mol.